The number of hydrogen-bond donors (Lipinski definition) is 1. The van der Waals surface area contributed by atoms with Crippen LogP contribution in [0.15, 0.2) is 18.2 Å². The lowest BCUT2D eigenvalue weighted by atomic mass is 10.2. The Kier molecular flexibility index (Phi) is 6.28. The van der Waals surface area contributed by atoms with Crippen molar-refractivity contribution in [3.05, 3.63) is 29.6 Å². The van der Waals surface area contributed by atoms with Crippen LogP contribution in [0.3, 0.4) is 0 Å². The Labute approximate surface area is 140 Å². The van der Waals surface area contributed by atoms with Gasteiger partial charge in [-0.15, -0.1) is 0 Å². The van der Waals surface area contributed by atoms with Crippen molar-refractivity contribution >= 4 is 23.5 Å². The second-order valence-corrected chi connectivity index (χ2v) is 5.80. The number of halogens is 1. The maximum Gasteiger partial charge on any atom is 0.326 e. The maximum atomic E-state index is 13.4. The molecular formula is C17H21FN2O4. The highest BCUT2D eigenvalue weighted by atomic mass is 19.1. The summed E-state index contributed by atoms with van der Waals surface area (Å²) in [4.78, 5) is 36.8. The average Bonchev–Trinajstić information content (AvgIpc) is 2.74. The fourth-order valence-electron chi connectivity index (χ4n) is 2.42. The van der Waals surface area contributed by atoms with Gasteiger partial charge in [0.2, 0.25) is 5.91 Å². The minimum Gasteiger partial charge on any atom is -0.454 e. The quantitative estimate of drug-likeness (QED) is 0.835. The Hall–Kier alpha value is -2.44. The molecule has 1 aliphatic rings. The van der Waals surface area contributed by atoms with Crippen molar-refractivity contribution in [2.45, 2.75) is 32.6 Å². The van der Waals surface area contributed by atoms with Gasteiger partial charge in [0.1, 0.15) is 12.4 Å². The number of hydrogen-bond acceptors (Lipinski definition) is 4. The lowest BCUT2D eigenvalue weighted by Crippen LogP contribution is -2.36. The van der Waals surface area contributed by atoms with Crippen molar-refractivity contribution in [2.75, 3.05) is 25.0 Å². The molecule has 0 aromatic heterocycles. The number of benzene rings is 1. The monoisotopic (exact) mass is 336 g/mol. The number of anilines is 1. The van der Waals surface area contributed by atoms with Crippen molar-refractivity contribution < 1.29 is 23.5 Å². The molecule has 2 amide bonds. The Morgan fingerprint density at radius 2 is 2.08 bits per heavy atom. The third kappa shape index (κ3) is 5.33. The minimum atomic E-state index is -0.629. The normalized spacial score (nSPS) is 14.9. The molecule has 24 heavy (non-hydrogen) atoms. The van der Waals surface area contributed by atoms with Gasteiger partial charge in [0.15, 0.2) is 6.61 Å². The lowest BCUT2D eigenvalue weighted by Gasteiger charge is -2.19. The molecule has 1 saturated heterocycles. The molecule has 0 saturated carbocycles. The Morgan fingerprint density at radius 3 is 2.83 bits per heavy atom. The van der Waals surface area contributed by atoms with Crippen molar-refractivity contribution in [1.29, 1.82) is 0 Å². The van der Waals surface area contributed by atoms with E-state index in [2.05, 4.69) is 5.32 Å². The van der Waals surface area contributed by atoms with E-state index in [9.17, 15) is 18.8 Å². The number of esters is 1. The first-order chi connectivity index (χ1) is 11.5. The minimum absolute atomic E-state index is 0.0657. The van der Waals surface area contributed by atoms with Crippen LogP contribution < -0.4 is 5.32 Å². The molecule has 1 N–H and O–H groups in total. The Balaban J connectivity index is 1.77. The van der Waals surface area contributed by atoms with Crippen LogP contribution in [0, 0.1) is 12.7 Å². The number of likely N-dealkylation sites (tertiary alicyclic amines) is 1. The third-order valence-corrected chi connectivity index (χ3v) is 3.81. The highest BCUT2D eigenvalue weighted by molar-refractivity contribution is 5.93. The second-order valence-electron chi connectivity index (χ2n) is 5.80. The van der Waals surface area contributed by atoms with E-state index in [0.717, 1.165) is 19.3 Å². The first-order valence-corrected chi connectivity index (χ1v) is 7.95. The molecule has 0 aliphatic carbocycles. The first kappa shape index (κ1) is 17.9. The summed E-state index contributed by atoms with van der Waals surface area (Å²) in [5, 5.41) is 2.45. The van der Waals surface area contributed by atoms with Gasteiger partial charge in [-0.2, -0.15) is 0 Å². The molecule has 1 aromatic rings. The number of ether oxygens (including phenoxy) is 1. The molecule has 0 bridgehead atoms. The summed E-state index contributed by atoms with van der Waals surface area (Å²) in [7, 11) is 0. The van der Waals surface area contributed by atoms with E-state index in [0.29, 0.717) is 24.2 Å². The summed E-state index contributed by atoms with van der Waals surface area (Å²) < 4.78 is 18.3. The van der Waals surface area contributed by atoms with Gasteiger partial charge in [0.25, 0.3) is 5.91 Å². The average molecular weight is 336 g/mol. The predicted octanol–water partition coefficient (Wildman–Crippen LogP) is 2.02. The molecule has 0 radical (unpaired) electrons. The van der Waals surface area contributed by atoms with Gasteiger partial charge in [-0.05, 0) is 37.5 Å². The van der Waals surface area contributed by atoms with E-state index in [-0.39, 0.29) is 12.5 Å². The first-order valence-electron chi connectivity index (χ1n) is 7.95. The lowest BCUT2D eigenvalue weighted by molar-refractivity contribution is -0.151. The summed E-state index contributed by atoms with van der Waals surface area (Å²) >= 11 is 0. The van der Waals surface area contributed by atoms with Gasteiger partial charge in [0, 0.05) is 18.7 Å². The molecule has 0 unspecified atom stereocenters. The number of aryl methyl sites for hydroxylation is 1. The van der Waals surface area contributed by atoms with Crippen LogP contribution in [-0.4, -0.2) is 42.4 Å². The number of nitrogens with zero attached hydrogens (tertiary/aromatic N) is 1. The van der Waals surface area contributed by atoms with Crippen LogP contribution in [0.5, 0.6) is 0 Å². The molecule has 0 atom stereocenters. The molecule has 0 spiro atoms. The fraction of sp³-hybridized carbons (Fsp3) is 0.471. The summed E-state index contributed by atoms with van der Waals surface area (Å²) in [6, 6.07) is 4.31. The Bertz CT molecular complexity index is 633. The summed E-state index contributed by atoms with van der Waals surface area (Å²) in [6.45, 7) is 1.53. The number of nitrogens with one attached hydrogen (secondary N) is 1. The molecule has 2 rings (SSSR count). The van der Waals surface area contributed by atoms with Gasteiger partial charge >= 0.3 is 5.97 Å². The van der Waals surface area contributed by atoms with Crippen LogP contribution in [0.2, 0.25) is 0 Å². The van der Waals surface area contributed by atoms with Gasteiger partial charge < -0.3 is 15.0 Å². The van der Waals surface area contributed by atoms with Crippen molar-refractivity contribution in [2.24, 2.45) is 0 Å². The second kappa shape index (κ2) is 8.42. The number of rotatable bonds is 5. The van der Waals surface area contributed by atoms with E-state index in [1.807, 2.05) is 0 Å². The zero-order valence-corrected chi connectivity index (χ0v) is 13.6. The topological polar surface area (TPSA) is 75.7 Å². The largest absolute Gasteiger partial charge is 0.454 e. The van der Waals surface area contributed by atoms with Crippen molar-refractivity contribution in [1.82, 2.24) is 4.90 Å². The van der Waals surface area contributed by atoms with E-state index in [1.165, 1.54) is 11.0 Å². The van der Waals surface area contributed by atoms with Crippen molar-refractivity contribution in [3.8, 4) is 0 Å². The summed E-state index contributed by atoms with van der Waals surface area (Å²) in [6.07, 6.45) is 3.10. The number of amides is 2. The zero-order valence-electron chi connectivity index (χ0n) is 13.6. The van der Waals surface area contributed by atoms with Gasteiger partial charge in [-0.25, -0.2) is 4.39 Å². The molecule has 130 valence electrons. The molecule has 1 heterocycles. The molecular weight excluding hydrogens is 315 g/mol. The summed E-state index contributed by atoms with van der Waals surface area (Å²) in [5.41, 5.74) is 0.767. The van der Waals surface area contributed by atoms with Crippen LogP contribution in [0.4, 0.5) is 10.1 Å². The van der Waals surface area contributed by atoms with Crippen LogP contribution in [-0.2, 0) is 19.1 Å². The van der Waals surface area contributed by atoms with Gasteiger partial charge in [0.05, 0.1) is 0 Å². The van der Waals surface area contributed by atoms with Gasteiger partial charge in [-0.3, -0.25) is 14.4 Å². The van der Waals surface area contributed by atoms with E-state index < -0.39 is 24.3 Å². The molecule has 1 aromatic carbocycles. The molecule has 6 nitrogen and oxygen atoms in total. The SMILES string of the molecule is Cc1ccc(NC(=O)COC(=O)CN2CCCCCC2=O)cc1F. The highest BCUT2D eigenvalue weighted by Gasteiger charge is 2.20. The maximum absolute atomic E-state index is 13.4. The van der Waals surface area contributed by atoms with E-state index in [1.54, 1.807) is 19.1 Å². The van der Waals surface area contributed by atoms with Crippen molar-refractivity contribution in [3.63, 3.8) is 0 Å². The van der Waals surface area contributed by atoms with Crippen LogP contribution >= 0.6 is 0 Å². The number of carbonyl (C=O) groups excluding carboxylic acids is 3. The number of carbonyl (C=O) groups is 3. The standard InChI is InChI=1S/C17H21FN2O4/c1-12-6-7-13(9-14(12)18)19-15(21)11-24-17(23)10-20-8-4-2-3-5-16(20)22/h6-7,9H,2-5,8,10-11H2,1H3,(H,19,21). The highest BCUT2D eigenvalue weighted by Crippen LogP contribution is 2.13. The third-order valence-electron chi connectivity index (χ3n) is 3.81. The summed E-state index contributed by atoms with van der Waals surface area (Å²) in [5.74, 6) is -1.68. The van der Waals surface area contributed by atoms with Crippen LogP contribution in [0.25, 0.3) is 0 Å². The Morgan fingerprint density at radius 1 is 1.29 bits per heavy atom. The fourth-order valence-corrected chi connectivity index (χ4v) is 2.42. The molecule has 7 heteroatoms. The van der Waals surface area contributed by atoms with Gasteiger partial charge in [-0.1, -0.05) is 12.5 Å². The van der Waals surface area contributed by atoms with E-state index >= 15 is 0 Å². The predicted molar refractivity (Wildman–Crippen MR) is 85.8 cm³/mol. The zero-order chi connectivity index (χ0) is 17.5. The van der Waals surface area contributed by atoms with E-state index in [4.69, 9.17) is 4.74 Å². The smallest absolute Gasteiger partial charge is 0.326 e. The molecule has 1 fully saturated rings. The van der Waals surface area contributed by atoms with Crippen LogP contribution in [0.1, 0.15) is 31.2 Å². The molecule has 1 aliphatic heterocycles.